The van der Waals surface area contributed by atoms with Gasteiger partial charge < -0.3 is 5.11 Å². The molecule has 1 aromatic heterocycles. The van der Waals surface area contributed by atoms with Crippen LogP contribution in [-0.4, -0.2) is 14.9 Å². The van der Waals surface area contributed by atoms with Crippen LogP contribution in [0.3, 0.4) is 0 Å². The van der Waals surface area contributed by atoms with Crippen LogP contribution in [-0.2, 0) is 13.0 Å². The van der Waals surface area contributed by atoms with Gasteiger partial charge in [0.2, 0.25) is 0 Å². The molecule has 0 aliphatic carbocycles. The smallest absolute Gasteiger partial charge is 0.122 e. The van der Waals surface area contributed by atoms with Crippen molar-refractivity contribution in [3.05, 3.63) is 51.3 Å². The largest absolute Gasteiger partial charge is 0.382 e. The molecule has 102 valence electrons. The van der Waals surface area contributed by atoms with Crippen molar-refractivity contribution in [1.82, 2.24) is 9.78 Å². The van der Waals surface area contributed by atoms with E-state index in [1.165, 1.54) is 0 Å². The predicted octanol–water partition coefficient (Wildman–Crippen LogP) is 3.85. The number of hydrogen-bond donors (Lipinski definition) is 1. The standard InChI is InChI=1S/C14H16Cl2N2O/c1-3-10-8-13(18(4-2)17-10)14(19)11-7-9(15)5-6-12(11)16/h5-8,14,19H,3-4H2,1-2H3. The number of halogens is 2. The molecule has 0 saturated heterocycles. The van der Waals surface area contributed by atoms with Crippen molar-refractivity contribution in [2.45, 2.75) is 32.9 Å². The van der Waals surface area contributed by atoms with Gasteiger partial charge in [-0.3, -0.25) is 4.68 Å². The molecule has 0 aliphatic rings. The molecule has 5 heteroatoms. The van der Waals surface area contributed by atoms with Crippen molar-refractivity contribution >= 4 is 23.2 Å². The first-order valence-corrected chi connectivity index (χ1v) is 7.02. The highest BCUT2D eigenvalue weighted by atomic mass is 35.5. The molecule has 1 heterocycles. The molecule has 1 N–H and O–H groups in total. The maximum atomic E-state index is 10.5. The van der Waals surface area contributed by atoms with Crippen molar-refractivity contribution in [2.75, 3.05) is 0 Å². The minimum Gasteiger partial charge on any atom is -0.382 e. The van der Waals surface area contributed by atoms with E-state index in [2.05, 4.69) is 5.10 Å². The van der Waals surface area contributed by atoms with E-state index in [9.17, 15) is 5.11 Å². The van der Waals surface area contributed by atoms with Gasteiger partial charge in [0.15, 0.2) is 0 Å². The minimum atomic E-state index is -0.820. The summed E-state index contributed by atoms with van der Waals surface area (Å²) in [6.45, 7) is 4.72. The molecule has 0 bridgehead atoms. The molecule has 2 rings (SSSR count). The zero-order chi connectivity index (χ0) is 14.0. The second-order valence-corrected chi connectivity index (χ2v) is 5.14. The summed E-state index contributed by atoms with van der Waals surface area (Å²) in [4.78, 5) is 0. The van der Waals surface area contributed by atoms with Gasteiger partial charge in [0.1, 0.15) is 6.10 Å². The summed E-state index contributed by atoms with van der Waals surface area (Å²) >= 11 is 12.1. The third-order valence-electron chi connectivity index (χ3n) is 3.06. The number of aromatic nitrogens is 2. The Bertz CT molecular complexity index is 581. The zero-order valence-corrected chi connectivity index (χ0v) is 12.4. The Morgan fingerprint density at radius 3 is 2.63 bits per heavy atom. The average molecular weight is 299 g/mol. The highest BCUT2D eigenvalue weighted by Gasteiger charge is 2.19. The molecule has 2 aromatic rings. The molecule has 19 heavy (non-hydrogen) atoms. The zero-order valence-electron chi connectivity index (χ0n) is 10.9. The number of hydrogen-bond acceptors (Lipinski definition) is 2. The molecule has 1 unspecified atom stereocenters. The maximum absolute atomic E-state index is 10.5. The van der Waals surface area contributed by atoms with Crippen LogP contribution in [0.15, 0.2) is 24.3 Å². The van der Waals surface area contributed by atoms with Crippen molar-refractivity contribution in [2.24, 2.45) is 0 Å². The number of aliphatic hydroxyl groups excluding tert-OH is 1. The summed E-state index contributed by atoms with van der Waals surface area (Å²) < 4.78 is 1.79. The topological polar surface area (TPSA) is 38.0 Å². The lowest BCUT2D eigenvalue weighted by molar-refractivity contribution is 0.208. The molecule has 1 aromatic carbocycles. The normalized spacial score (nSPS) is 12.7. The van der Waals surface area contributed by atoms with Gasteiger partial charge in [-0.1, -0.05) is 30.1 Å². The molecule has 0 fully saturated rings. The number of aryl methyl sites for hydroxylation is 2. The Morgan fingerprint density at radius 1 is 1.26 bits per heavy atom. The molecule has 0 saturated carbocycles. The van der Waals surface area contributed by atoms with Gasteiger partial charge in [-0.25, -0.2) is 0 Å². The van der Waals surface area contributed by atoms with Crippen LogP contribution in [0.25, 0.3) is 0 Å². The molecule has 0 aliphatic heterocycles. The molecule has 3 nitrogen and oxygen atoms in total. The number of benzene rings is 1. The van der Waals surface area contributed by atoms with E-state index in [1.54, 1.807) is 22.9 Å². The predicted molar refractivity (Wildman–Crippen MR) is 77.8 cm³/mol. The third kappa shape index (κ3) is 2.94. The highest BCUT2D eigenvalue weighted by Crippen LogP contribution is 2.31. The molecule has 0 spiro atoms. The van der Waals surface area contributed by atoms with E-state index in [-0.39, 0.29) is 0 Å². The van der Waals surface area contributed by atoms with E-state index in [0.717, 1.165) is 17.8 Å². The summed E-state index contributed by atoms with van der Waals surface area (Å²) in [5.41, 5.74) is 2.30. The van der Waals surface area contributed by atoms with Gasteiger partial charge in [-0.05, 0) is 37.6 Å². The van der Waals surface area contributed by atoms with E-state index in [4.69, 9.17) is 23.2 Å². The van der Waals surface area contributed by atoms with Gasteiger partial charge in [-0.15, -0.1) is 0 Å². The van der Waals surface area contributed by atoms with Gasteiger partial charge in [0, 0.05) is 22.2 Å². The van der Waals surface area contributed by atoms with Crippen LogP contribution >= 0.6 is 23.2 Å². The first kappa shape index (κ1) is 14.4. The fourth-order valence-electron chi connectivity index (χ4n) is 2.02. The third-order valence-corrected chi connectivity index (χ3v) is 3.64. The SMILES string of the molecule is CCc1cc(C(O)c2cc(Cl)ccc2Cl)n(CC)n1. The Morgan fingerprint density at radius 2 is 2.00 bits per heavy atom. The quantitative estimate of drug-likeness (QED) is 0.931. The first-order valence-electron chi connectivity index (χ1n) is 6.26. The Kier molecular flexibility index (Phi) is 4.50. The Hall–Kier alpha value is -1.03. The first-order chi connectivity index (χ1) is 9.06. The molecule has 0 radical (unpaired) electrons. The monoisotopic (exact) mass is 298 g/mol. The molecular formula is C14H16Cl2N2O. The fourth-order valence-corrected chi connectivity index (χ4v) is 2.42. The van der Waals surface area contributed by atoms with Crippen molar-refractivity contribution in [1.29, 1.82) is 0 Å². The van der Waals surface area contributed by atoms with Crippen molar-refractivity contribution in [3.63, 3.8) is 0 Å². The lowest BCUT2D eigenvalue weighted by atomic mass is 10.1. The van der Waals surface area contributed by atoms with E-state index < -0.39 is 6.10 Å². The summed E-state index contributed by atoms with van der Waals surface area (Å²) in [5.74, 6) is 0. The maximum Gasteiger partial charge on any atom is 0.122 e. The van der Waals surface area contributed by atoms with Gasteiger partial charge in [0.25, 0.3) is 0 Å². The van der Waals surface area contributed by atoms with Crippen LogP contribution in [0.2, 0.25) is 10.0 Å². The summed E-state index contributed by atoms with van der Waals surface area (Å²) in [5, 5.41) is 16.0. The summed E-state index contributed by atoms with van der Waals surface area (Å²) in [7, 11) is 0. The second-order valence-electron chi connectivity index (χ2n) is 4.30. The summed E-state index contributed by atoms with van der Waals surface area (Å²) in [6.07, 6.45) is 0.00895. The van der Waals surface area contributed by atoms with Crippen LogP contribution < -0.4 is 0 Å². The Balaban J connectivity index is 2.45. The Labute approximate surface area is 122 Å². The number of nitrogens with zero attached hydrogens (tertiary/aromatic N) is 2. The van der Waals surface area contributed by atoms with Crippen LogP contribution in [0.4, 0.5) is 0 Å². The molecular weight excluding hydrogens is 283 g/mol. The van der Waals surface area contributed by atoms with E-state index >= 15 is 0 Å². The van der Waals surface area contributed by atoms with Gasteiger partial charge in [-0.2, -0.15) is 5.10 Å². The van der Waals surface area contributed by atoms with Crippen molar-refractivity contribution in [3.8, 4) is 0 Å². The van der Waals surface area contributed by atoms with Crippen molar-refractivity contribution < 1.29 is 5.11 Å². The number of rotatable bonds is 4. The van der Waals surface area contributed by atoms with E-state index in [0.29, 0.717) is 22.2 Å². The van der Waals surface area contributed by atoms with Crippen LogP contribution in [0, 0.1) is 0 Å². The molecule has 0 amide bonds. The highest BCUT2D eigenvalue weighted by molar-refractivity contribution is 6.33. The lowest BCUT2D eigenvalue weighted by Gasteiger charge is -2.14. The number of aliphatic hydroxyl groups is 1. The fraction of sp³-hybridized carbons (Fsp3) is 0.357. The van der Waals surface area contributed by atoms with Gasteiger partial charge in [0.05, 0.1) is 11.4 Å². The molecule has 1 atom stereocenters. The second kappa shape index (κ2) is 5.95. The van der Waals surface area contributed by atoms with Gasteiger partial charge >= 0.3 is 0 Å². The average Bonchev–Trinajstić information content (AvgIpc) is 2.84. The van der Waals surface area contributed by atoms with E-state index in [1.807, 2.05) is 19.9 Å². The minimum absolute atomic E-state index is 0.499. The van der Waals surface area contributed by atoms with Crippen LogP contribution in [0.1, 0.15) is 36.9 Å². The summed E-state index contributed by atoms with van der Waals surface area (Å²) in [6, 6.07) is 6.99. The van der Waals surface area contributed by atoms with Crippen LogP contribution in [0.5, 0.6) is 0 Å². The lowest BCUT2D eigenvalue weighted by Crippen LogP contribution is -2.09.